The standard InChI is InChI=1S/C28H20N2/c1-3-11-21(12-4-1)24-19-23-15-7-10-18-30(23)28(24)27-25(22-13-5-2-6-14-22)20-29-17-9-8-16-26(27)29/h1-20H. The zero-order valence-electron chi connectivity index (χ0n) is 16.4. The molecule has 2 nitrogen and oxygen atoms in total. The van der Waals surface area contributed by atoms with Gasteiger partial charge in [-0.25, -0.2) is 0 Å². The second-order valence-corrected chi connectivity index (χ2v) is 7.55. The third-order valence-electron chi connectivity index (χ3n) is 5.77. The van der Waals surface area contributed by atoms with Gasteiger partial charge in [-0.1, -0.05) is 72.8 Å². The lowest BCUT2D eigenvalue weighted by atomic mass is 9.96. The van der Waals surface area contributed by atoms with Crippen LogP contribution in [-0.4, -0.2) is 8.80 Å². The predicted molar refractivity (Wildman–Crippen MR) is 125 cm³/mol. The van der Waals surface area contributed by atoms with Crippen molar-refractivity contribution in [2.24, 2.45) is 0 Å². The van der Waals surface area contributed by atoms with Crippen LogP contribution in [0.3, 0.4) is 0 Å². The van der Waals surface area contributed by atoms with Crippen LogP contribution in [0.4, 0.5) is 0 Å². The quantitative estimate of drug-likeness (QED) is 0.305. The summed E-state index contributed by atoms with van der Waals surface area (Å²) in [7, 11) is 0. The Labute approximate surface area is 175 Å². The molecule has 0 aliphatic carbocycles. The second-order valence-electron chi connectivity index (χ2n) is 7.55. The van der Waals surface area contributed by atoms with Crippen LogP contribution in [0.15, 0.2) is 122 Å². The van der Waals surface area contributed by atoms with Gasteiger partial charge in [0.15, 0.2) is 0 Å². The first kappa shape index (κ1) is 16.9. The summed E-state index contributed by atoms with van der Waals surface area (Å²) in [5.74, 6) is 0. The molecule has 0 fully saturated rings. The molecule has 0 atom stereocenters. The zero-order valence-corrected chi connectivity index (χ0v) is 16.4. The van der Waals surface area contributed by atoms with Crippen LogP contribution in [0.1, 0.15) is 0 Å². The van der Waals surface area contributed by atoms with Gasteiger partial charge in [0, 0.05) is 40.8 Å². The summed E-state index contributed by atoms with van der Waals surface area (Å²) >= 11 is 0. The Balaban J connectivity index is 1.77. The molecule has 0 aliphatic rings. The van der Waals surface area contributed by atoms with E-state index in [1.54, 1.807) is 0 Å². The molecule has 0 spiro atoms. The monoisotopic (exact) mass is 384 g/mol. The van der Waals surface area contributed by atoms with Crippen molar-refractivity contribution in [3.8, 4) is 33.5 Å². The first-order valence-electron chi connectivity index (χ1n) is 10.2. The minimum absolute atomic E-state index is 1.20. The van der Waals surface area contributed by atoms with Gasteiger partial charge in [0.2, 0.25) is 0 Å². The van der Waals surface area contributed by atoms with Gasteiger partial charge in [-0.3, -0.25) is 0 Å². The number of fused-ring (bicyclic) bond motifs is 2. The van der Waals surface area contributed by atoms with Crippen LogP contribution in [0.2, 0.25) is 0 Å². The summed E-state index contributed by atoms with van der Waals surface area (Å²) in [6.45, 7) is 0. The van der Waals surface area contributed by atoms with E-state index < -0.39 is 0 Å². The molecular formula is C28H20N2. The molecule has 30 heavy (non-hydrogen) atoms. The molecule has 0 N–H and O–H groups in total. The predicted octanol–water partition coefficient (Wildman–Crippen LogP) is 7.19. The van der Waals surface area contributed by atoms with Gasteiger partial charge in [-0.05, 0) is 41.5 Å². The van der Waals surface area contributed by atoms with Gasteiger partial charge in [0.05, 0.1) is 11.2 Å². The van der Waals surface area contributed by atoms with E-state index in [-0.39, 0.29) is 0 Å². The maximum Gasteiger partial charge on any atom is 0.0634 e. The third kappa shape index (κ3) is 2.58. The SMILES string of the molecule is c1ccc(-c2cn3ccccc3c2-c2c(-c3ccccc3)cc3ccccn23)cc1. The van der Waals surface area contributed by atoms with Crippen LogP contribution in [-0.2, 0) is 0 Å². The fraction of sp³-hybridized carbons (Fsp3) is 0. The van der Waals surface area contributed by atoms with E-state index in [1.807, 2.05) is 0 Å². The molecule has 4 heterocycles. The van der Waals surface area contributed by atoms with Gasteiger partial charge >= 0.3 is 0 Å². The Morgan fingerprint density at radius 2 is 1.17 bits per heavy atom. The molecule has 6 aromatic rings. The van der Waals surface area contributed by atoms with Crippen molar-refractivity contribution in [1.29, 1.82) is 0 Å². The lowest BCUT2D eigenvalue weighted by molar-refractivity contribution is 1.19. The summed E-state index contributed by atoms with van der Waals surface area (Å²) in [4.78, 5) is 0. The fourth-order valence-electron chi connectivity index (χ4n) is 4.42. The molecular weight excluding hydrogens is 364 g/mol. The molecule has 0 saturated heterocycles. The smallest absolute Gasteiger partial charge is 0.0634 e. The largest absolute Gasteiger partial charge is 0.323 e. The van der Waals surface area contributed by atoms with Crippen LogP contribution >= 0.6 is 0 Å². The summed E-state index contributed by atoms with van der Waals surface area (Å²) in [6.07, 6.45) is 6.54. The lowest BCUT2D eigenvalue weighted by Gasteiger charge is -2.10. The van der Waals surface area contributed by atoms with Crippen LogP contribution in [0, 0.1) is 0 Å². The van der Waals surface area contributed by atoms with E-state index in [0.717, 1.165) is 0 Å². The highest BCUT2D eigenvalue weighted by atomic mass is 14.9. The van der Waals surface area contributed by atoms with E-state index in [2.05, 4.69) is 131 Å². The minimum atomic E-state index is 1.20. The number of hydrogen-bond donors (Lipinski definition) is 0. The summed E-state index contributed by atoms with van der Waals surface area (Å²) in [6, 6.07) is 36.4. The molecule has 0 radical (unpaired) electrons. The Kier molecular flexibility index (Phi) is 3.82. The topological polar surface area (TPSA) is 8.82 Å². The highest BCUT2D eigenvalue weighted by molar-refractivity contribution is 6.00. The first-order valence-corrected chi connectivity index (χ1v) is 10.2. The van der Waals surface area contributed by atoms with Crippen molar-refractivity contribution in [2.45, 2.75) is 0 Å². The van der Waals surface area contributed by atoms with Gasteiger partial charge in [-0.2, -0.15) is 0 Å². The van der Waals surface area contributed by atoms with E-state index in [0.29, 0.717) is 0 Å². The van der Waals surface area contributed by atoms with Crippen LogP contribution < -0.4 is 0 Å². The molecule has 0 amide bonds. The average molecular weight is 384 g/mol. The van der Waals surface area contributed by atoms with Crippen LogP contribution in [0.25, 0.3) is 44.5 Å². The van der Waals surface area contributed by atoms with Crippen molar-refractivity contribution in [2.75, 3.05) is 0 Å². The van der Waals surface area contributed by atoms with E-state index in [9.17, 15) is 0 Å². The molecule has 2 heteroatoms. The molecule has 0 bridgehead atoms. The maximum atomic E-state index is 2.32. The number of pyridine rings is 2. The van der Waals surface area contributed by atoms with Crippen molar-refractivity contribution in [1.82, 2.24) is 8.80 Å². The zero-order chi connectivity index (χ0) is 19.9. The van der Waals surface area contributed by atoms with E-state index >= 15 is 0 Å². The maximum absolute atomic E-state index is 2.32. The van der Waals surface area contributed by atoms with Crippen molar-refractivity contribution in [3.63, 3.8) is 0 Å². The summed E-state index contributed by atoms with van der Waals surface area (Å²) in [5, 5.41) is 0. The Morgan fingerprint density at radius 1 is 0.533 bits per heavy atom. The van der Waals surface area contributed by atoms with Crippen molar-refractivity contribution < 1.29 is 0 Å². The fourth-order valence-corrected chi connectivity index (χ4v) is 4.42. The van der Waals surface area contributed by atoms with E-state index in [4.69, 9.17) is 0 Å². The Morgan fingerprint density at radius 3 is 1.93 bits per heavy atom. The summed E-state index contributed by atoms with van der Waals surface area (Å²) < 4.78 is 4.55. The van der Waals surface area contributed by atoms with Gasteiger partial charge in [0.25, 0.3) is 0 Å². The molecule has 0 aliphatic heterocycles. The highest BCUT2D eigenvalue weighted by Gasteiger charge is 2.21. The van der Waals surface area contributed by atoms with Crippen molar-refractivity contribution in [3.05, 3.63) is 122 Å². The molecule has 142 valence electrons. The highest BCUT2D eigenvalue weighted by Crippen LogP contribution is 2.43. The van der Waals surface area contributed by atoms with Crippen molar-refractivity contribution >= 4 is 11.0 Å². The van der Waals surface area contributed by atoms with Crippen LogP contribution in [0.5, 0.6) is 0 Å². The molecule has 2 aromatic carbocycles. The molecule has 6 rings (SSSR count). The first-order chi connectivity index (χ1) is 14.9. The molecule has 0 unspecified atom stereocenters. The minimum Gasteiger partial charge on any atom is -0.323 e. The van der Waals surface area contributed by atoms with E-state index in [1.165, 1.54) is 44.5 Å². The third-order valence-corrected chi connectivity index (χ3v) is 5.77. The van der Waals surface area contributed by atoms with Gasteiger partial charge < -0.3 is 8.80 Å². The number of hydrogen-bond acceptors (Lipinski definition) is 0. The number of nitrogens with zero attached hydrogens (tertiary/aromatic N) is 2. The normalized spacial score (nSPS) is 11.3. The molecule has 4 aromatic heterocycles. The Hall–Kier alpha value is -4.04. The van der Waals surface area contributed by atoms with Gasteiger partial charge in [0.1, 0.15) is 0 Å². The number of benzene rings is 2. The van der Waals surface area contributed by atoms with Gasteiger partial charge in [-0.15, -0.1) is 0 Å². The second kappa shape index (κ2) is 6.78. The number of rotatable bonds is 3. The summed E-state index contributed by atoms with van der Waals surface area (Å²) in [5.41, 5.74) is 9.82. The Bertz CT molecular complexity index is 1360. The lowest BCUT2D eigenvalue weighted by Crippen LogP contribution is -1.91. The average Bonchev–Trinajstić information content (AvgIpc) is 3.38. The molecule has 0 saturated carbocycles. The number of aromatic nitrogens is 2.